The van der Waals surface area contributed by atoms with Crippen LogP contribution in [0.3, 0.4) is 0 Å². The minimum Gasteiger partial charge on any atom is -0.460 e. The van der Waals surface area contributed by atoms with Gasteiger partial charge in [-0.15, -0.1) is 0 Å². The number of aromatic nitrogens is 1. The van der Waals surface area contributed by atoms with Gasteiger partial charge in [0.15, 0.2) is 6.20 Å². The molecule has 0 spiro atoms. The topological polar surface area (TPSA) is 46.4 Å². The van der Waals surface area contributed by atoms with Crippen LogP contribution in [0.2, 0.25) is 0 Å². The van der Waals surface area contributed by atoms with E-state index in [-0.39, 0.29) is 5.88 Å². The molecule has 0 radical (unpaired) electrons. The molecule has 3 N–H and O–H groups in total. The summed E-state index contributed by atoms with van der Waals surface area (Å²) in [6, 6.07) is 4.91. The Labute approximate surface area is 95.2 Å². The minimum absolute atomic E-state index is 0.218. The van der Waals surface area contributed by atoms with E-state index in [9.17, 15) is 5.11 Å². The normalized spacial score (nSPS) is 28.6. The standard InChI is InChI=1S/C13H16N2O/c16-13-7-4-9(8-14-13)11-3-1-2-10-5-6-12(11)15-10/h3-4,7-8,10,12,15H,1-2,5-6H2,(H,14,16)/p+1. The lowest BCUT2D eigenvalue weighted by atomic mass is 9.95. The van der Waals surface area contributed by atoms with Crippen LogP contribution in [0.1, 0.15) is 31.2 Å². The first-order chi connectivity index (χ1) is 7.83. The molecular formula is C13H17N2O+. The van der Waals surface area contributed by atoms with E-state index in [1.807, 2.05) is 12.3 Å². The van der Waals surface area contributed by atoms with Crippen molar-refractivity contribution in [3.63, 3.8) is 0 Å². The molecule has 84 valence electrons. The van der Waals surface area contributed by atoms with Crippen molar-refractivity contribution in [2.75, 3.05) is 0 Å². The molecule has 2 unspecified atom stereocenters. The molecule has 2 atom stereocenters. The monoisotopic (exact) mass is 217 g/mol. The molecule has 2 aliphatic rings. The first-order valence-electron chi connectivity index (χ1n) is 6.00. The highest BCUT2D eigenvalue weighted by atomic mass is 16.3. The van der Waals surface area contributed by atoms with Gasteiger partial charge < -0.3 is 10.4 Å². The van der Waals surface area contributed by atoms with E-state index in [0.29, 0.717) is 12.1 Å². The van der Waals surface area contributed by atoms with Crippen molar-refractivity contribution in [3.8, 4) is 5.88 Å². The van der Waals surface area contributed by atoms with Crippen LogP contribution in [0, 0.1) is 0 Å². The van der Waals surface area contributed by atoms with Crippen molar-refractivity contribution >= 4 is 5.57 Å². The summed E-state index contributed by atoms with van der Waals surface area (Å²) in [4.78, 5) is 2.86. The van der Waals surface area contributed by atoms with Crippen LogP contribution < -0.4 is 10.3 Å². The zero-order valence-electron chi connectivity index (χ0n) is 9.24. The Bertz CT molecular complexity index is 410. The number of hydrogen-bond acceptors (Lipinski definition) is 2. The van der Waals surface area contributed by atoms with Crippen LogP contribution in [-0.2, 0) is 0 Å². The Balaban J connectivity index is 1.92. The number of pyridine rings is 1. The Kier molecular flexibility index (Phi) is 2.40. The summed E-state index contributed by atoms with van der Waals surface area (Å²) in [5, 5.41) is 12.9. The van der Waals surface area contributed by atoms with Crippen molar-refractivity contribution in [1.29, 1.82) is 0 Å². The van der Waals surface area contributed by atoms with Crippen LogP contribution in [0.25, 0.3) is 5.57 Å². The zero-order chi connectivity index (χ0) is 11.0. The fourth-order valence-corrected chi connectivity index (χ4v) is 2.79. The number of aromatic amines is 1. The predicted octanol–water partition coefficient (Wildman–Crippen LogP) is 1.50. The summed E-state index contributed by atoms with van der Waals surface area (Å²) in [6.45, 7) is 0. The molecule has 3 nitrogen and oxygen atoms in total. The second-order valence-electron chi connectivity index (χ2n) is 4.69. The highest BCUT2D eigenvalue weighted by molar-refractivity contribution is 5.69. The molecule has 1 aromatic heterocycles. The third kappa shape index (κ3) is 1.71. The Morgan fingerprint density at radius 1 is 1.25 bits per heavy atom. The van der Waals surface area contributed by atoms with Crippen LogP contribution in [0.4, 0.5) is 0 Å². The van der Waals surface area contributed by atoms with Gasteiger partial charge in [0, 0.05) is 17.6 Å². The van der Waals surface area contributed by atoms with Gasteiger partial charge in [0.25, 0.3) is 0 Å². The zero-order valence-corrected chi connectivity index (χ0v) is 9.24. The third-order valence-corrected chi connectivity index (χ3v) is 3.63. The molecule has 0 amide bonds. The maximum atomic E-state index is 9.25. The van der Waals surface area contributed by atoms with Gasteiger partial charge in [-0.25, -0.2) is 0 Å². The molecule has 3 rings (SSSR count). The predicted molar refractivity (Wildman–Crippen MR) is 61.8 cm³/mol. The minimum atomic E-state index is 0.218. The quantitative estimate of drug-likeness (QED) is 0.749. The average molecular weight is 217 g/mol. The lowest BCUT2D eigenvalue weighted by molar-refractivity contribution is -0.394. The molecule has 16 heavy (non-hydrogen) atoms. The largest absolute Gasteiger partial charge is 0.460 e. The van der Waals surface area contributed by atoms with E-state index in [0.717, 1.165) is 6.42 Å². The lowest BCUT2D eigenvalue weighted by Gasteiger charge is -2.13. The molecule has 3 heterocycles. The van der Waals surface area contributed by atoms with Gasteiger partial charge in [-0.05, 0) is 37.3 Å². The molecule has 1 aromatic rings. The van der Waals surface area contributed by atoms with Crippen LogP contribution in [-0.4, -0.2) is 17.2 Å². The van der Waals surface area contributed by atoms with Gasteiger partial charge in [-0.1, -0.05) is 6.08 Å². The van der Waals surface area contributed by atoms with Gasteiger partial charge in [-0.2, -0.15) is 4.98 Å². The molecule has 2 aliphatic heterocycles. The fourth-order valence-electron chi connectivity index (χ4n) is 2.79. The van der Waals surface area contributed by atoms with Crippen LogP contribution in [0.15, 0.2) is 24.4 Å². The van der Waals surface area contributed by atoms with Crippen LogP contribution in [0.5, 0.6) is 5.88 Å². The van der Waals surface area contributed by atoms with Gasteiger partial charge in [-0.3, -0.25) is 0 Å². The second-order valence-corrected chi connectivity index (χ2v) is 4.69. The van der Waals surface area contributed by atoms with Crippen molar-refractivity contribution < 1.29 is 10.1 Å². The number of allylic oxidation sites excluding steroid dienone is 1. The summed E-state index contributed by atoms with van der Waals surface area (Å²) in [5.74, 6) is 0.218. The summed E-state index contributed by atoms with van der Waals surface area (Å²) in [6.07, 6.45) is 9.17. The first kappa shape index (κ1) is 9.85. The third-order valence-electron chi connectivity index (χ3n) is 3.63. The first-order valence-corrected chi connectivity index (χ1v) is 6.00. The highest BCUT2D eigenvalue weighted by Crippen LogP contribution is 2.31. The molecule has 3 heteroatoms. The van der Waals surface area contributed by atoms with Gasteiger partial charge in [0.05, 0.1) is 6.07 Å². The van der Waals surface area contributed by atoms with Crippen molar-refractivity contribution in [2.45, 2.75) is 37.8 Å². The van der Waals surface area contributed by atoms with E-state index in [1.54, 1.807) is 6.07 Å². The van der Waals surface area contributed by atoms with Crippen LogP contribution >= 0.6 is 0 Å². The summed E-state index contributed by atoms with van der Waals surface area (Å²) in [7, 11) is 0. The Hall–Kier alpha value is -1.35. The SMILES string of the molecule is Oc1ccc(C2=CCCC3CCC2N3)c[nH+]1. The number of hydrogen-bond donors (Lipinski definition) is 2. The van der Waals surface area contributed by atoms with Crippen molar-refractivity contribution in [3.05, 3.63) is 30.0 Å². The van der Waals surface area contributed by atoms with E-state index in [2.05, 4.69) is 16.4 Å². The maximum absolute atomic E-state index is 9.25. The smallest absolute Gasteiger partial charge is 0.363 e. The molecule has 0 aromatic carbocycles. The van der Waals surface area contributed by atoms with Gasteiger partial charge >= 0.3 is 5.88 Å². The fraction of sp³-hybridized carbons (Fsp3) is 0.462. The molecule has 0 aliphatic carbocycles. The molecule has 1 fully saturated rings. The van der Waals surface area contributed by atoms with E-state index in [1.165, 1.54) is 30.4 Å². The summed E-state index contributed by atoms with van der Waals surface area (Å²) in [5.41, 5.74) is 2.58. The number of nitrogens with one attached hydrogen (secondary N) is 2. The van der Waals surface area contributed by atoms with Crippen molar-refractivity contribution in [2.24, 2.45) is 0 Å². The summed E-state index contributed by atoms with van der Waals surface area (Å²) >= 11 is 0. The molecule has 1 saturated heterocycles. The van der Waals surface area contributed by atoms with E-state index < -0.39 is 0 Å². The lowest BCUT2D eigenvalue weighted by Crippen LogP contribution is -2.28. The van der Waals surface area contributed by atoms with Gasteiger partial charge in [0.2, 0.25) is 0 Å². The van der Waals surface area contributed by atoms with E-state index >= 15 is 0 Å². The summed E-state index contributed by atoms with van der Waals surface area (Å²) < 4.78 is 0. The average Bonchev–Trinajstić information content (AvgIpc) is 2.63. The van der Waals surface area contributed by atoms with Crippen molar-refractivity contribution in [1.82, 2.24) is 5.32 Å². The second kappa shape index (κ2) is 3.91. The number of H-pyrrole nitrogens is 1. The number of fused-ring (bicyclic) bond motifs is 2. The molecule has 0 saturated carbocycles. The maximum Gasteiger partial charge on any atom is 0.363 e. The Morgan fingerprint density at radius 3 is 3.00 bits per heavy atom. The Morgan fingerprint density at radius 2 is 2.19 bits per heavy atom. The number of rotatable bonds is 1. The van der Waals surface area contributed by atoms with E-state index in [4.69, 9.17) is 0 Å². The molecular weight excluding hydrogens is 200 g/mol. The molecule has 2 bridgehead atoms. The highest BCUT2D eigenvalue weighted by Gasteiger charge is 2.29. The van der Waals surface area contributed by atoms with Gasteiger partial charge in [0.1, 0.15) is 0 Å². The number of aromatic hydroxyl groups is 1.